The molecule has 2 heterocycles. The molecular weight excluding hydrogens is 255 g/mol. The molecule has 1 aliphatic rings. The van der Waals surface area contributed by atoms with E-state index in [1.165, 1.54) is 17.8 Å². The molecule has 0 bridgehead atoms. The molecule has 3 rings (SSSR count). The highest BCUT2D eigenvalue weighted by molar-refractivity contribution is 5.47. The molecule has 0 fully saturated rings. The zero-order valence-electron chi connectivity index (χ0n) is 11.4. The first kappa shape index (κ1) is 13.1. The van der Waals surface area contributed by atoms with Crippen LogP contribution in [0.1, 0.15) is 29.8 Å². The number of hydrogen-bond donors (Lipinski definition) is 1. The van der Waals surface area contributed by atoms with Crippen LogP contribution in [-0.2, 0) is 6.42 Å². The lowest BCUT2D eigenvalue weighted by Gasteiger charge is -2.20. The van der Waals surface area contributed by atoms with Crippen molar-refractivity contribution >= 4 is 0 Å². The zero-order valence-corrected chi connectivity index (χ0v) is 11.4. The third kappa shape index (κ3) is 2.39. The molecule has 0 amide bonds. The summed E-state index contributed by atoms with van der Waals surface area (Å²) in [6.07, 6.45) is 2.20. The van der Waals surface area contributed by atoms with Crippen molar-refractivity contribution in [2.45, 2.75) is 19.4 Å². The maximum atomic E-state index is 13.1. The highest BCUT2D eigenvalue weighted by Crippen LogP contribution is 2.35. The van der Waals surface area contributed by atoms with Crippen LogP contribution >= 0.6 is 0 Å². The van der Waals surface area contributed by atoms with Gasteiger partial charge >= 0.3 is 0 Å². The van der Waals surface area contributed by atoms with E-state index in [0.717, 1.165) is 36.6 Å². The summed E-state index contributed by atoms with van der Waals surface area (Å²) in [6.45, 7) is 3.57. The van der Waals surface area contributed by atoms with Gasteiger partial charge in [-0.2, -0.15) is 0 Å². The van der Waals surface area contributed by atoms with Crippen molar-refractivity contribution in [1.29, 1.82) is 0 Å². The van der Waals surface area contributed by atoms with Gasteiger partial charge in [0.05, 0.1) is 24.5 Å². The lowest BCUT2D eigenvalue weighted by molar-refractivity contribution is 0.350. The van der Waals surface area contributed by atoms with Crippen LogP contribution in [0.25, 0.3) is 0 Å². The van der Waals surface area contributed by atoms with E-state index in [-0.39, 0.29) is 11.9 Å². The van der Waals surface area contributed by atoms with Gasteiger partial charge in [-0.05, 0) is 24.2 Å². The van der Waals surface area contributed by atoms with Crippen LogP contribution in [0.4, 0.5) is 4.39 Å². The first-order chi connectivity index (χ1) is 9.79. The number of pyridine rings is 1. The standard InChI is InChI=1S/C16H17FN2O/c1-2-18-15(14-7-6-12(17)10-19-14)13-5-3-4-11-8-9-20-16(11)13/h3-7,10,15,18H,2,8-9H2,1H3. The summed E-state index contributed by atoms with van der Waals surface area (Å²) >= 11 is 0. The quantitative estimate of drug-likeness (QED) is 0.929. The lowest BCUT2D eigenvalue weighted by atomic mass is 9.99. The van der Waals surface area contributed by atoms with E-state index < -0.39 is 0 Å². The van der Waals surface area contributed by atoms with E-state index >= 15 is 0 Å². The van der Waals surface area contributed by atoms with E-state index in [1.54, 1.807) is 6.07 Å². The predicted molar refractivity (Wildman–Crippen MR) is 75.4 cm³/mol. The normalized spacial score (nSPS) is 14.7. The van der Waals surface area contributed by atoms with E-state index in [4.69, 9.17) is 4.74 Å². The van der Waals surface area contributed by atoms with Gasteiger partial charge in [0.1, 0.15) is 11.6 Å². The first-order valence-electron chi connectivity index (χ1n) is 6.89. The fraction of sp³-hybridized carbons (Fsp3) is 0.312. The summed E-state index contributed by atoms with van der Waals surface area (Å²) in [5.74, 6) is 0.628. The molecule has 4 heteroatoms. The summed E-state index contributed by atoms with van der Waals surface area (Å²) in [5.41, 5.74) is 3.10. The number of nitrogens with zero attached hydrogens (tertiary/aromatic N) is 1. The summed E-state index contributed by atoms with van der Waals surface area (Å²) < 4.78 is 18.8. The van der Waals surface area contributed by atoms with Crippen LogP contribution in [0.3, 0.4) is 0 Å². The molecule has 1 N–H and O–H groups in total. The Hall–Kier alpha value is -1.94. The Morgan fingerprint density at radius 2 is 2.25 bits per heavy atom. The van der Waals surface area contributed by atoms with Gasteiger partial charge < -0.3 is 10.1 Å². The smallest absolute Gasteiger partial charge is 0.141 e. The Balaban J connectivity index is 2.03. The maximum absolute atomic E-state index is 13.1. The fourth-order valence-electron chi connectivity index (χ4n) is 2.60. The molecule has 0 aliphatic carbocycles. The second kappa shape index (κ2) is 5.59. The number of nitrogens with one attached hydrogen (secondary N) is 1. The summed E-state index contributed by atoms with van der Waals surface area (Å²) in [5, 5.41) is 3.40. The molecule has 0 radical (unpaired) electrons. The van der Waals surface area contributed by atoms with Crippen molar-refractivity contribution in [2.24, 2.45) is 0 Å². The van der Waals surface area contributed by atoms with Crippen LogP contribution in [0.15, 0.2) is 36.5 Å². The average molecular weight is 272 g/mol. The number of rotatable bonds is 4. The van der Waals surface area contributed by atoms with Gasteiger partial charge in [-0.3, -0.25) is 4.98 Å². The Labute approximate surface area is 117 Å². The fourth-order valence-corrected chi connectivity index (χ4v) is 2.60. The van der Waals surface area contributed by atoms with Gasteiger partial charge in [-0.25, -0.2) is 4.39 Å². The maximum Gasteiger partial charge on any atom is 0.141 e. The number of fused-ring (bicyclic) bond motifs is 1. The topological polar surface area (TPSA) is 34.2 Å². The molecule has 1 aromatic heterocycles. The molecule has 0 spiro atoms. The number of benzene rings is 1. The molecule has 1 unspecified atom stereocenters. The van der Waals surface area contributed by atoms with Crippen molar-refractivity contribution in [1.82, 2.24) is 10.3 Å². The highest BCUT2D eigenvalue weighted by atomic mass is 19.1. The average Bonchev–Trinajstić information content (AvgIpc) is 2.94. The molecule has 1 atom stereocenters. The third-order valence-electron chi connectivity index (χ3n) is 3.51. The Morgan fingerprint density at radius 3 is 3.00 bits per heavy atom. The van der Waals surface area contributed by atoms with Crippen molar-refractivity contribution in [2.75, 3.05) is 13.2 Å². The minimum atomic E-state index is -0.321. The summed E-state index contributed by atoms with van der Waals surface area (Å²) in [6, 6.07) is 9.26. The molecule has 3 nitrogen and oxygen atoms in total. The van der Waals surface area contributed by atoms with E-state index in [2.05, 4.69) is 16.4 Å². The molecule has 2 aromatic rings. The van der Waals surface area contributed by atoms with Gasteiger partial charge in [0.15, 0.2) is 0 Å². The van der Waals surface area contributed by atoms with Crippen molar-refractivity contribution < 1.29 is 9.13 Å². The molecule has 0 saturated heterocycles. The zero-order chi connectivity index (χ0) is 13.9. The number of ether oxygens (including phenoxy) is 1. The summed E-state index contributed by atoms with van der Waals surface area (Å²) in [7, 11) is 0. The van der Waals surface area contributed by atoms with Crippen molar-refractivity contribution in [3.63, 3.8) is 0 Å². The molecule has 20 heavy (non-hydrogen) atoms. The van der Waals surface area contributed by atoms with Crippen LogP contribution in [0, 0.1) is 5.82 Å². The third-order valence-corrected chi connectivity index (χ3v) is 3.51. The van der Waals surface area contributed by atoms with Gasteiger partial charge in [0.2, 0.25) is 0 Å². The van der Waals surface area contributed by atoms with Gasteiger partial charge in [0.25, 0.3) is 0 Å². The van der Waals surface area contributed by atoms with Gasteiger partial charge in [-0.1, -0.05) is 25.1 Å². The number of para-hydroxylation sites is 1. The molecular formula is C16H17FN2O. The van der Waals surface area contributed by atoms with E-state index in [0.29, 0.717) is 0 Å². The molecule has 0 saturated carbocycles. The van der Waals surface area contributed by atoms with Gasteiger partial charge in [0, 0.05) is 12.0 Å². The first-order valence-corrected chi connectivity index (χ1v) is 6.89. The lowest BCUT2D eigenvalue weighted by Crippen LogP contribution is -2.23. The molecule has 1 aromatic carbocycles. The van der Waals surface area contributed by atoms with Crippen LogP contribution in [0.2, 0.25) is 0 Å². The van der Waals surface area contributed by atoms with Crippen molar-refractivity contribution in [3.8, 4) is 5.75 Å². The monoisotopic (exact) mass is 272 g/mol. The predicted octanol–water partition coefficient (Wildman–Crippen LogP) is 2.85. The van der Waals surface area contributed by atoms with Crippen LogP contribution in [-0.4, -0.2) is 18.1 Å². The second-order valence-corrected chi connectivity index (χ2v) is 4.83. The Morgan fingerprint density at radius 1 is 1.35 bits per heavy atom. The minimum absolute atomic E-state index is 0.0753. The second-order valence-electron chi connectivity index (χ2n) is 4.83. The molecule has 104 valence electrons. The number of hydrogen-bond acceptors (Lipinski definition) is 3. The Bertz CT molecular complexity index is 598. The Kier molecular flexibility index (Phi) is 3.65. The van der Waals surface area contributed by atoms with Crippen LogP contribution in [0.5, 0.6) is 5.75 Å². The largest absolute Gasteiger partial charge is 0.493 e. The summed E-state index contributed by atoms with van der Waals surface area (Å²) in [4.78, 5) is 4.21. The van der Waals surface area contributed by atoms with Crippen molar-refractivity contribution in [3.05, 3.63) is 59.2 Å². The number of aromatic nitrogens is 1. The minimum Gasteiger partial charge on any atom is -0.493 e. The SMILES string of the molecule is CCNC(c1ccc(F)cn1)c1cccc2c1OCC2. The molecule has 1 aliphatic heterocycles. The number of halogens is 1. The highest BCUT2D eigenvalue weighted by Gasteiger charge is 2.23. The van der Waals surface area contributed by atoms with E-state index in [1.807, 2.05) is 19.1 Å². The van der Waals surface area contributed by atoms with Crippen LogP contribution < -0.4 is 10.1 Å². The van der Waals surface area contributed by atoms with E-state index in [9.17, 15) is 4.39 Å². The van der Waals surface area contributed by atoms with Gasteiger partial charge in [-0.15, -0.1) is 0 Å².